The molecule has 19 heavy (non-hydrogen) atoms. The lowest BCUT2D eigenvalue weighted by Gasteiger charge is -2.22. The van der Waals surface area contributed by atoms with Crippen LogP contribution in [0.1, 0.15) is 10.4 Å². The van der Waals surface area contributed by atoms with Gasteiger partial charge in [0.2, 0.25) is 0 Å². The van der Waals surface area contributed by atoms with Gasteiger partial charge < -0.3 is 20.2 Å². The highest BCUT2D eigenvalue weighted by atomic mass is 16.6. The lowest BCUT2D eigenvalue weighted by atomic mass is 10.1. The van der Waals surface area contributed by atoms with Crippen LogP contribution in [0.25, 0.3) is 0 Å². The first-order chi connectivity index (χ1) is 9.01. The first-order valence-corrected chi connectivity index (χ1v) is 5.49. The number of hydrogen-bond acceptors (Lipinski definition) is 6. The van der Waals surface area contributed by atoms with E-state index in [-0.39, 0.29) is 43.2 Å². The molecule has 0 saturated heterocycles. The predicted molar refractivity (Wildman–Crippen MR) is 66.4 cm³/mol. The van der Waals surface area contributed by atoms with Crippen molar-refractivity contribution in [3.63, 3.8) is 0 Å². The Labute approximate surface area is 108 Å². The molecule has 0 spiro atoms. The number of carboxylic acid groups (broad SMARTS) is 1. The number of benzene rings is 1. The van der Waals surface area contributed by atoms with Crippen LogP contribution in [0.4, 0.5) is 11.4 Å². The van der Waals surface area contributed by atoms with E-state index in [1.807, 2.05) is 0 Å². The van der Waals surface area contributed by atoms with Gasteiger partial charge in [-0.25, -0.2) is 4.79 Å². The molecule has 0 aliphatic rings. The average molecular weight is 270 g/mol. The third-order valence-electron chi connectivity index (χ3n) is 2.50. The van der Waals surface area contributed by atoms with E-state index in [0.29, 0.717) is 0 Å². The maximum Gasteiger partial charge on any atom is 0.335 e. The second-order valence-corrected chi connectivity index (χ2v) is 3.70. The van der Waals surface area contributed by atoms with Crippen molar-refractivity contribution in [1.82, 2.24) is 0 Å². The summed E-state index contributed by atoms with van der Waals surface area (Å²) in [5, 5.41) is 37.7. The standard InChI is InChI=1S/C11H14N2O6/c14-5-3-12(4-6-15)10-7-8(11(16)17)1-2-9(10)13(18)19/h1-2,7,14-15H,3-6H2,(H,16,17). The van der Waals surface area contributed by atoms with E-state index in [2.05, 4.69) is 0 Å². The molecule has 0 heterocycles. The van der Waals surface area contributed by atoms with Crippen LogP contribution in [0, 0.1) is 10.1 Å². The Kier molecular flexibility index (Phi) is 5.22. The molecule has 0 saturated carbocycles. The second kappa shape index (κ2) is 6.66. The summed E-state index contributed by atoms with van der Waals surface area (Å²) in [6.07, 6.45) is 0. The van der Waals surface area contributed by atoms with E-state index in [0.717, 1.165) is 18.2 Å². The number of aromatic carboxylic acids is 1. The topological polar surface area (TPSA) is 124 Å². The van der Waals surface area contributed by atoms with E-state index >= 15 is 0 Å². The maximum atomic E-state index is 10.9. The van der Waals surface area contributed by atoms with Crippen molar-refractivity contribution < 1.29 is 25.0 Å². The minimum Gasteiger partial charge on any atom is -0.478 e. The Morgan fingerprint density at radius 2 is 1.84 bits per heavy atom. The SMILES string of the molecule is O=C(O)c1ccc([N+](=O)[O-])c(N(CCO)CCO)c1. The second-order valence-electron chi connectivity index (χ2n) is 3.70. The number of anilines is 1. The van der Waals surface area contributed by atoms with Crippen molar-refractivity contribution >= 4 is 17.3 Å². The van der Waals surface area contributed by atoms with Gasteiger partial charge >= 0.3 is 5.97 Å². The summed E-state index contributed by atoms with van der Waals surface area (Å²) >= 11 is 0. The summed E-state index contributed by atoms with van der Waals surface area (Å²) in [5.41, 5.74) is -0.304. The molecule has 0 aliphatic carbocycles. The Morgan fingerprint density at radius 3 is 2.26 bits per heavy atom. The molecule has 0 radical (unpaired) electrons. The number of hydrogen-bond donors (Lipinski definition) is 3. The van der Waals surface area contributed by atoms with Gasteiger partial charge in [0.15, 0.2) is 0 Å². The van der Waals surface area contributed by atoms with Crippen molar-refractivity contribution in [3.8, 4) is 0 Å². The molecular weight excluding hydrogens is 256 g/mol. The maximum absolute atomic E-state index is 10.9. The Balaban J connectivity index is 3.28. The molecular formula is C11H14N2O6. The Morgan fingerprint density at radius 1 is 1.26 bits per heavy atom. The summed E-state index contributed by atoms with van der Waals surface area (Å²) in [6, 6.07) is 3.40. The van der Waals surface area contributed by atoms with E-state index in [1.165, 1.54) is 4.90 Å². The molecule has 8 nitrogen and oxygen atoms in total. The molecule has 1 aromatic rings. The number of rotatable bonds is 7. The van der Waals surface area contributed by atoms with Crippen LogP contribution in [0.15, 0.2) is 18.2 Å². The number of aliphatic hydroxyl groups excluding tert-OH is 2. The van der Waals surface area contributed by atoms with E-state index in [9.17, 15) is 14.9 Å². The molecule has 1 rings (SSSR count). The molecule has 0 fully saturated rings. The monoisotopic (exact) mass is 270 g/mol. The molecule has 0 amide bonds. The Bertz CT molecular complexity index is 470. The number of carboxylic acids is 1. The van der Waals surface area contributed by atoms with E-state index < -0.39 is 10.9 Å². The van der Waals surface area contributed by atoms with Gasteiger partial charge in [-0.05, 0) is 12.1 Å². The quantitative estimate of drug-likeness (QED) is 0.473. The van der Waals surface area contributed by atoms with Crippen LogP contribution in [-0.2, 0) is 0 Å². The van der Waals surface area contributed by atoms with E-state index in [1.54, 1.807) is 0 Å². The van der Waals surface area contributed by atoms with Crippen molar-refractivity contribution in [2.45, 2.75) is 0 Å². The van der Waals surface area contributed by atoms with Gasteiger partial charge in [-0.2, -0.15) is 0 Å². The summed E-state index contributed by atoms with van der Waals surface area (Å²) < 4.78 is 0. The summed E-state index contributed by atoms with van der Waals surface area (Å²) in [4.78, 5) is 22.5. The number of nitro benzene ring substituents is 1. The third kappa shape index (κ3) is 3.63. The fourth-order valence-electron chi connectivity index (χ4n) is 1.66. The van der Waals surface area contributed by atoms with Gasteiger partial charge in [-0.3, -0.25) is 10.1 Å². The molecule has 0 bridgehead atoms. The lowest BCUT2D eigenvalue weighted by molar-refractivity contribution is -0.384. The van der Waals surface area contributed by atoms with Crippen LogP contribution in [0.5, 0.6) is 0 Å². The zero-order valence-corrected chi connectivity index (χ0v) is 10.0. The minimum atomic E-state index is -1.20. The molecule has 0 aromatic heterocycles. The zero-order chi connectivity index (χ0) is 14.4. The molecule has 104 valence electrons. The van der Waals surface area contributed by atoms with Gasteiger partial charge in [-0.1, -0.05) is 0 Å². The number of carbonyl (C=O) groups is 1. The summed E-state index contributed by atoms with van der Waals surface area (Å²) in [5.74, 6) is -1.20. The number of aliphatic hydroxyl groups is 2. The largest absolute Gasteiger partial charge is 0.478 e. The first-order valence-electron chi connectivity index (χ1n) is 5.49. The van der Waals surface area contributed by atoms with Crippen LogP contribution in [-0.4, -0.2) is 52.5 Å². The fourth-order valence-corrected chi connectivity index (χ4v) is 1.66. The van der Waals surface area contributed by atoms with Gasteiger partial charge in [0.1, 0.15) is 5.69 Å². The molecule has 0 unspecified atom stereocenters. The average Bonchev–Trinajstić information content (AvgIpc) is 2.37. The van der Waals surface area contributed by atoms with Crippen molar-refractivity contribution in [1.29, 1.82) is 0 Å². The molecule has 8 heteroatoms. The highest BCUT2D eigenvalue weighted by Crippen LogP contribution is 2.29. The predicted octanol–water partition coefficient (Wildman–Crippen LogP) is 0.0840. The van der Waals surface area contributed by atoms with Crippen molar-refractivity contribution in [2.75, 3.05) is 31.2 Å². The highest BCUT2D eigenvalue weighted by Gasteiger charge is 2.21. The van der Waals surface area contributed by atoms with Crippen LogP contribution >= 0.6 is 0 Å². The minimum absolute atomic E-state index is 0.0600. The molecule has 0 atom stereocenters. The molecule has 0 aliphatic heterocycles. The van der Waals surface area contributed by atoms with Crippen molar-refractivity contribution in [3.05, 3.63) is 33.9 Å². The molecule has 3 N–H and O–H groups in total. The third-order valence-corrected chi connectivity index (χ3v) is 2.50. The number of nitrogens with zero attached hydrogens (tertiary/aromatic N) is 2. The lowest BCUT2D eigenvalue weighted by Crippen LogP contribution is -2.30. The summed E-state index contributed by atoms with van der Waals surface area (Å²) in [6.45, 7) is -0.419. The van der Waals surface area contributed by atoms with Crippen molar-refractivity contribution in [2.24, 2.45) is 0 Å². The zero-order valence-electron chi connectivity index (χ0n) is 10.0. The first kappa shape index (κ1) is 14.9. The van der Waals surface area contributed by atoms with Crippen LogP contribution in [0.2, 0.25) is 0 Å². The van der Waals surface area contributed by atoms with Crippen LogP contribution < -0.4 is 4.90 Å². The molecule has 1 aromatic carbocycles. The Hall–Kier alpha value is -2.19. The normalized spacial score (nSPS) is 10.2. The van der Waals surface area contributed by atoms with Gasteiger partial charge in [0.25, 0.3) is 5.69 Å². The smallest absolute Gasteiger partial charge is 0.335 e. The van der Waals surface area contributed by atoms with Gasteiger partial charge in [0.05, 0.1) is 23.7 Å². The summed E-state index contributed by atoms with van der Waals surface area (Å²) in [7, 11) is 0. The fraction of sp³-hybridized carbons (Fsp3) is 0.364. The van der Waals surface area contributed by atoms with Gasteiger partial charge in [0, 0.05) is 19.2 Å². The highest BCUT2D eigenvalue weighted by molar-refractivity contribution is 5.90. The van der Waals surface area contributed by atoms with Gasteiger partial charge in [-0.15, -0.1) is 0 Å². The van der Waals surface area contributed by atoms with E-state index in [4.69, 9.17) is 15.3 Å². The van der Waals surface area contributed by atoms with Crippen LogP contribution in [0.3, 0.4) is 0 Å². The number of nitro groups is 1.